The van der Waals surface area contributed by atoms with Crippen LogP contribution in [0.2, 0.25) is 0 Å². The van der Waals surface area contributed by atoms with Gasteiger partial charge in [-0.15, -0.1) is 10.2 Å². The average Bonchev–Trinajstić information content (AvgIpc) is 3.14. The van der Waals surface area contributed by atoms with Gasteiger partial charge in [0.05, 0.1) is 6.26 Å². The van der Waals surface area contributed by atoms with Crippen molar-refractivity contribution in [2.75, 3.05) is 0 Å². The zero-order chi connectivity index (χ0) is 15.5. The fourth-order valence-electron chi connectivity index (χ4n) is 2.88. The van der Waals surface area contributed by atoms with Crippen LogP contribution in [0.15, 0.2) is 22.8 Å². The second kappa shape index (κ2) is 6.34. The van der Waals surface area contributed by atoms with Crippen molar-refractivity contribution in [3.05, 3.63) is 35.8 Å². The Morgan fingerprint density at radius 1 is 1.50 bits per heavy atom. The average molecular weight is 302 g/mol. The van der Waals surface area contributed by atoms with Gasteiger partial charge in [0, 0.05) is 37.8 Å². The van der Waals surface area contributed by atoms with E-state index in [0.717, 1.165) is 36.8 Å². The van der Waals surface area contributed by atoms with Crippen LogP contribution in [0.1, 0.15) is 50.0 Å². The number of hydrogen-bond acceptors (Lipinski definition) is 4. The molecule has 0 spiro atoms. The van der Waals surface area contributed by atoms with Gasteiger partial charge < -0.3 is 14.3 Å². The van der Waals surface area contributed by atoms with Gasteiger partial charge >= 0.3 is 0 Å². The normalized spacial score (nSPS) is 17.5. The van der Waals surface area contributed by atoms with Crippen LogP contribution in [0.4, 0.5) is 0 Å². The van der Waals surface area contributed by atoms with Crippen molar-refractivity contribution in [3.8, 4) is 0 Å². The molecular weight excluding hydrogens is 280 g/mol. The molecule has 118 valence electrons. The van der Waals surface area contributed by atoms with Gasteiger partial charge in [-0.3, -0.25) is 4.79 Å². The fourth-order valence-corrected chi connectivity index (χ4v) is 2.88. The highest BCUT2D eigenvalue weighted by molar-refractivity contribution is 5.76. The van der Waals surface area contributed by atoms with Crippen molar-refractivity contribution in [1.29, 1.82) is 0 Å². The first-order valence-corrected chi connectivity index (χ1v) is 7.87. The summed E-state index contributed by atoms with van der Waals surface area (Å²) >= 11 is 0. The third-order valence-electron chi connectivity index (χ3n) is 4.04. The second-order valence-corrected chi connectivity index (χ2v) is 6.12. The van der Waals surface area contributed by atoms with Gasteiger partial charge in [0.15, 0.2) is 0 Å². The Morgan fingerprint density at radius 3 is 3.09 bits per heavy atom. The van der Waals surface area contributed by atoms with Crippen LogP contribution in [0.5, 0.6) is 0 Å². The number of carbonyl (C=O) groups excluding carboxylic acids is 1. The minimum atomic E-state index is 0.0732. The van der Waals surface area contributed by atoms with Crippen LogP contribution in [0, 0.1) is 0 Å². The Bertz CT molecular complexity index is 631. The molecule has 0 fully saturated rings. The lowest BCUT2D eigenvalue weighted by Crippen LogP contribution is -2.41. The van der Waals surface area contributed by atoms with Crippen LogP contribution in [0.3, 0.4) is 0 Å². The fraction of sp³-hybridized carbons (Fsp3) is 0.562. The number of rotatable bonds is 5. The molecule has 0 saturated carbocycles. The molecule has 1 amide bonds. The topological polar surface area (TPSA) is 73.0 Å². The third-order valence-corrected chi connectivity index (χ3v) is 4.04. The highest BCUT2D eigenvalue weighted by atomic mass is 16.3. The number of nitrogens with zero attached hydrogens (tertiary/aromatic N) is 3. The maximum absolute atomic E-state index is 12.1. The zero-order valence-electron chi connectivity index (χ0n) is 13.1. The van der Waals surface area contributed by atoms with Crippen LogP contribution in [-0.2, 0) is 24.2 Å². The minimum Gasteiger partial charge on any atom is -0.469 e. The molecule has 22 heavy (non-hydrogen) atoms. The van der Waals surface area contributed by atoms with Crippen molar-refractivity contribution < 1.29 is 9.21 Å². The summed E-state index contributed by atoms with van der Waals surface area (Å²) < 4.78 is 7.41. The van der Waals surface area contributed by atoms with E-state index >= 15 is 0 Å². The van der Waals surface area contributed by atoms with E-state index < -0.39 is 0 Å². The van der Waals surface area contributed by atoms with Gasteiger partial charge in [0.2, 0.25) is 5.91 Å². The molecule has 1 unspecified atom stereocenters. The minimum absolute atomic E-state index is 0.0732. The van der Waals surface area contributed by atoms with Crippen molar-refractivity contribution >= 4 is 5.91 Å². The Hall–Kier alpha value is -2.11. The van der Waals surface area contributed by atoms with Crippen molar-refractivity contribution in [2.24, 2.45) is 0 Å². The summed E-state index contributed by atoms with van der Waals surface area (Å²) in [4.78, 5) is 12.1. The Labute approximate surface area is 129 Å². The molecule has 0 aromatic carbocycles. The number of furan rings is 1. The van der Waals surface area contributed by atoms with Gasteiger partial charge in [0.1, 0.15) is 17.4 Å². The summed E-state index contributed by atoms with van der Waals surface area (Å²) in [7, 11) is 0. The molecule has 2 aromatic heterocycles. The molecule has 0 aliphatic carbocycles. The summed E-state index contributed by atoms with van der Waals surface area (Å²) in [5.74, 6) is 3.30. The highest BCUT2D eigenvalue weighted by Gasteiger charge is 2.24. The van der Waals surface area contributed by atoms with Crippen LogP contribution in [0.25, 0.3) is 0 Å². The number of fused-ring (bicyclic) bond motifs is 1. The van der Waals surface area contributed by atoms with E-state index in [1.165, 1.54) is 0 Å². The Morgan fingerprint density at radius 2 is 2.36 bits per heavy atom. The molecule has 1 atom stereocenters. The summed E-state index contributed by atoms with van der Waals surface area (Å²) in [6.07, 6.45) is 4.51. The van der Waals surface area contributed by atoms with E-state index in [4.69, 9.17) is 4.42 Å². The van der Waals surface area contributed by atoms with E-state index in [1.807, 2.05) is 12.1 Å². The largest absolute Gasteiger partial charge is 0.469 e. The standard InChI is InChI=1S/C16H22N4O2/c1-11(2)16-19-18-14-7-5-12(10-20(14)16)17-15(21)8-6-13-4-3-9-22-13/h3-4,9,11-12H,5-8,10H2,1-2H3,(H,17,21). The smallest absolute Gasteiger partial charge is 0.220 e. The number of hydrogen-bond donors (Lipinski definition) is 1. The van der Waals surface area contributed by atoms with Crippen molar-refractivity contribution in [2.45, 2.75) is 58.0 Å². The Kier molecular flexibility index (Phi) is 4.27. The van der Waals surface area contributed by atoms with Gasteiger partial charge in [-0.05, 0) is 18.6 Å². The van der Waals surface area contributed by atoms with Gasteiger partial charge in [-0.2, -0.15) is 0 Å². The molecule has 0 radical (unpaired) electrons. The number of amides is 1. The quantitative estimate of drug-likeness (QED) is 0.917. The number of carbonyl (C=O) groups is 1. The van der Waals surface area contributed by atoms with E-state index in [2.05, 4.69) is 33.9 Å². The molecule has 0 bridgehead atoms. The maximum Gasteiger partial charge on any atom is 0.220 e. The maximum atomic E-state index is 12.1. The number of nitrogens with one attached hydrogen (secondary N) is 1. The van der Waals surface area contributed by atoms with Crippen LogP contribution in [-0.4, -0.2) is 26.7 Å². The van der Waals surface area contributed by atoms with Crippen LogP contribution >= 0.6 is 0 Å². The lowest BCUT2D eigenvalue weighted by atomic mass is 10.1. The van der Waals surface area contributed by atoms with Crippen molar-refractivity contribution in [1.82, 2.24) is 20.1 Å². The first-order chi connectivity index (χ1) is 10.6. The third kappa shape index (κ3) is 3.21. The summed E-state index contributed by atoms with van der Waals surface area (Å²) in [6.45, 7) is 4.99. The number of aryl methyl sites for hydroxylation is 2. The summed E-state index contributed by atoms with van der Waals surface area (Å²) in [5.41, 5.74) is 0. The predicted octanol–water partition coefficient (Wildman–Crippen LogP) is 2.06. The molecule has 3 rings (SSSR count). The van der Waals surface area contributed by atoms with E-state index in [9.17, 15) is 4.79 Å². The first-order valence-electron chi connectivity index (χ1n) is 7.87. The zero-order valence-corrected chi connectivity index (χ0v) is 13.1. The molecule has 1 N–H and O–H groups in total. The molecule has 6 heteroatoms. The summed E-state index contributed by atoms with van der Waals surface area (Å²) in [5, 5.41) is 11.6. The number of aromatic nitrogens is 3. The summed E-state index contributed by atoms with van der Waals surface area (Å²) in [6, 6.07) is 3.90. The van der Waals surface area contributed by atoms with E-state index in [1.54, 1.807) is 6.26 Å². The monoisotopic (exact) mass is 302 g/mol. The SMILES string of the molecule is CC(C)c1nnc2n1CC(NC(=O)CCc1ccco1)CC2. The molecule has 2 aromatic rings. The lowest BCUT2D eigenvalue weighted by molar-refractivity contribution is -0.122. The molecule has 0 saturated heterocycles. The molecule has 1 aliphatic rings. The predicted molar refractivity (Wildman–Crippen MR) is 81.4 cm³/mol. The molecule has 6 nitrogen and oxygen atoms in total. The molecule has 3 heterocycles. The van der Waals surface area contributed by atoms with Gasteiger partial charge in [-0.25, -0.2) is 0 Å². The first kappa shape index (κ1) is 14.8. The lowest BCUT2D eigenvalue weighted by Gasteiger charge is -2.25. The van der Waals surface area contributed by atoms with Crippen LogP contribution < -0.4 is 5.32 Å². The Balaban J connectivity index is 1.55. The van der Waals surface area contributed by atoms with E-state index in [0.29, 0.717) is 18.8 Å². The van der Waals surface area contributed by atoms with Crippen molar-refractivity contribution in [3.63, 3.8) is 0 Å². The van der Waals surface area contributed by atoms with Gasteiger partial charge in [-0.1, -0.05) is 13.8 Å². The van der Waals surface area contributed by atoms with Gasteiger partial charge in [0.25, 0.3) is 0 Å². The molecular formula is C16H22N4O2. The molecule has 1 aliphatic heterocycles. The van der Waals surface area contributed by atoms with E-state index in [-0.39, 0.29) is 11.9 Å². The highest BCUT2D eigenvalue weighted by Crippen LogP contribution is 2.20. The second-order valence-electron chi connectivity index (χ2n) is 6.12.